The molecular weight excluding hydrogens is 361 g/mol. The van der Waals surface area contributed by atoms with Crippen molar-refractivity contribution in [3.05, 3.63) is 52.0 Å². The second-order valence-corrected chi connectivity index (χ2v) is 6.84. The molecule has 2 aromatic carbocycles. The van der Waals surface area contributed by atoms with Gasteiger partial charge in [-0.15, -0.1) is 0 Å². The second-order valence-electron chi connectivity index (χ2n) is 6.02. The maximum absolute atomic E-state index is 12.5. The SMILES string of the molecule is Cc1ccc(N2CCN(C(=O)Nc3c(Cl)cc(O)cc3Cl)CC2)cc1. The molecule has 2 N–H and O–H groups in total. The molecule has 0 radical (unpaired) electrons. The number of phenolic OH excluding ortho intramolecular Hbond substituents is 1. The molecule has 1 saturated heterocycles. The molecule has 0 spiro atoms. The second kappa shape index (κ2) is 7.42. The van der Waals surface area contributed by atoms with E-state index in [0.717, 1.165) is 18.8 Å². The van der Waals surface area contributed by atoms with Crippen molar-refractivity contribution in [2.45, 2.75) is 6.92 Å². The zero-order valence-corrected chi connectivity index (χ0v) is 15.3. The molecule has 3 rings (SSSR count). The van der Waals surface area contributed by atoms with Crippen LogP contribution in [-0.4, -0.2) is 42.2 Å². The summed E-state index contributed by atoms with van der Waals surface area (Å²) < 4.78 is 0. The number of aryl methyl sites for hydroxylation is 1. The highest BCUT2D eigenvalue weighted by atomic mass is 35.5. The lowest BCUT2D eigenvalue weighted by Gasteiger charge is -2.36. The minimum atomic E-state index is -0.252. The van der Waals surface area contributed by atoms with Crippen LogP contribution in [0.4, 0.5) is 16.2 Å². The van der Waals surface area contributed by atoms with Crippen molar-refractivity contribution in [1.29, 1.82) is 0 Å². The maximum Gasteiger partial charge on any atom is 0.322 e. The van der Waals surface area contributed by atoms with Crippen LogP contribution in [0.2, 0.25) is 10.0 Å². The summed E-state index contributed by atoms with van der Waals surface area (Å²) in [5.41, 5.74) is 2.70. The van der Waals surface area contributed by atoms with Gasteiger partial charge in [0.1, 0.15) is 5.75 Å². The van der Waals surface area contributed by atoms with Gasteiger partial charge in [0.05, 0.1) is 15.7 Å². The number of halogens is 2. The van der Waals surface area contributed by atoms with Gasteiger partial charge in [-0.1, -0.05) is 40.9 Å². The van der Waals surface area contributed by atoms with Crippen molar-refractivity contribution in [1.82, 2.24) is 4.90 Å². The number of carbonyl (C=O) groups excluding carboxylic acids is 1. The van der Waals surface area contributed by atoms with Crippen LogP contribution in [0.5, 0.6) is 5.75 Å². The lowest BCUT2D eigenvalue weighted by Crippen LogP contribution is -2.50. The first-order valence-corrected chi connectivity index (χ1v) is 8.75. The van der Waals surface area contributed by atoms with Crippen molar-refractivity contribution in [3.8, 4) is 5.75 Å². The molecule has 1 heterocycles. The quantitative estimate of drug-likeness (QED) is 0.762. The van der Waals surface area contributed by atoms with Crippen LogP contribution < -0.4 is 10.2 Å². The summed E-state index contributed by atoms with van der Waals surface area (Å²) in [7, 11) is 0. The first kappa shape index (κ1) is 17.7. The van der Waals surface area contributed by atoms with Crippen LogP contribution in [0.25, 0.3) is 0 Å². The third-order valence-electron chi connectivity index (χ3n) is 4.22. The molecule has 0 unspecified atom stereocenters. The summed E-state index contributed by atoms with van der Waals surface area (Å²) in [6.07, 6.45) is 0. The van der Waals surface area contributed by atoms with Gasteiger partial charge >= 0.3 is 6.03 Å². The Hall–Kier alpha value is -2.11. The van der Waals surface area contributed by atoms with Gasteiger partial charge in [-0.3, -0.25) is 0 Å². The Morgan fingerprint density at radius 1 is 1.04 bits per heavy atom. The van der Waals surface area contributed by atoms with Crippen LogP contribution in [-0.2, 0) is 0 Å². The van der Waals surface area contributed by atoms with Gasteiger partial charge in [0.25, 0.3) is 0 Å². The number of benzene rings is 2. The number of carbonyl (C=O) groups is 1. The smallest absolute Gasteiger partial charge is 0.322 e. The zero-order chi connectivity index (χ0) is 18.0. The highest BCUT2D eigenvalue weighted by molar-refractivity contribution is 6.40. The van der Waals surface area contributed by atoms with E-state index in [0.29, 0.717) is 18.8 Å². The van der Waals surface area contributed by atoms with Crippen LogP contribution in [0.3, 0.4) is 0 Å². The summed E-state index contributed by atoms with van der Waals surface area (Å²) in [4.78, 5) is 16.4. The van der Waals surface area contributed by atoms with E-state index >= 15 is 0 Å². The molecule has 25 heavy (non-hydrogen) atoms. The van der Waals surface area contributed by atoms with Gasteiger partial charge in [0.2, 0.25) is 0 Å². The van der Waals surface area contributed by atoms with Crippen LogP contribution in [0, 0.1) is 6.92 Å². The van der Waals surface area contributed by atoms with Crippen LogP contribution >= 0.6 is 23.2 Å². The number of amides is 2. The van der Waals surface area contributed by atoms with E-state index in [9.17, 15) is 9.90 Å². The number of hydrogen-bond acceptors (Lipinski definition) is 3. The standard InChI is InChI=1S/C18H19Cl2N3O2/c1-12-2-4-13(5-3-12)22-6-8-23(9-7-22)18(25)21-17-15(19)10-14(24)11-16(17)20/h2-5,10-11,24H,6-9H2,1H3,(H,21,25). The van der Waals surface area contributed by atoms with Crippen molar-refractivity contribution in [3.63, 3.8) is 0 Å². The molecule has 132 valence electrons. The van der Waals surface area contributed by atoms with E-state index in [1.165, 1.54) is 17.7 Å². The molecule has 0 aromatic heterocycles. The van der Waals surface area contributed by atoms with Gasteiger partial charge in [-0.2, -0.15) is 0 Å². The lowest BCUT2D eigenvalue weighted by atomic mass is 10.2. The Balaban J connectivity index is 1.61. The van der Waals surface area contributed by atoms with Gasteiger partial charge < -0.3 is 20.2 Å². The van der Waals surface area contributed by atoms with E-state index in [-0.39, 0.29) is 21.8 Å². The number of aromatic hydroxyl groups is 1. The number of anilines is 2. The van der Waals surface area contributed by atoms with Gasteiger partial charge in [0, 0.05) is 44.0 Å². The predicted octanol–water partition coefficient (Wildman–Crippen LogP) is 4.36. The molecule has 2 aromatic rings. The minimum absolute atomic E-state index is 0.0419. The van der Waals surface area contributed by atoms with E-state index in [1.807, 2.05) is 0 Å². The Labute approximate surface area is 156 Å². The maximum atomic E-state index is 12.5. The highest BCUT2D eigenvalue weighted by Crippen LogP contribution is 2.34. The van der Waals surface area contributed by atoms with Crippen molar-refractivity contribution >= 4 is 40.6 Å². The van der Waals surface area contributed by atoms with E-state index in [1.54, 1.807) is 4.90 Å². The summed E-state index contributed by atoms with van der Waals surface area (Å²) >= 11 is 12.1. The Morgan fingerprint density at radius 2 is 1.60 bits per heavy atom. The van der Waals surface area contributed by atoms with E-state index in [4.69, 9.17) is 23.2 Å². The van der Waals surface area contributed by atoms with Crippen molar-refractivity contribution < 1.29 is 9.90 Å². The number of rotatable bonds is 2. The highest BCUT2D eigenvalue weighted by Gasteiger charge is 2.22. The average Bonchev–Trinajstić information content (AvgIpc) is 2.59. The van der Waals surface area contributed by atoms with E-state index in [2.05, 4.69) is 41.4 Å². The fraction of sp³-hybridized carbons (Fsp3) is 0.278. The fourth-order valence-corrected chi connectivity index (χ4v) is 3.36. The first-order valence-electron chi connectivity index (χ1n) is 7.99. The number of piperazine rings is 1. The number of nitrogens with zero attached hydrogens (tertiary/aromatic N) is 2. The average molecular weight is 380 g/mol. The van der Waals surface area contributed by atoms with Gasteiger partial charge in [-0.25, -0.2) is 4.79 Å². The fourth-order valence-electron chi connectivity index (χ4n) is 2.79. The molecule has 5 nitrogen and oxygen atoms in total. The Morgan fingerprint density at radius 3 is 2.16 bits per heavy atom. The third-order valence-corrected chi connectivity index (χ3v) is 4.82. The summed E-state index contributed by atoms with van der Waals surface area (Å²) in [5.74, 6) is -0.0419. The molecule has 0 atom stereocenters. The lowest BCUT2D eigenvalue weighted by molar-refractivity contribution is 0.208. The monoisotopic (exact) mass is 379 g/mol. The number of nitrogens with one attached hydrogen (secondary N) is 1. The molecular formula is C18H19Cl2N3O2. The molecule has 1 aliphatic rings. The molecule has 2 amide bonds. The van der Waals surface area contributed by atoms with Crippen LogP contribution in [0.1, 0.15) is 5.56 Å². The molecule has 1 fully saturated rings. The minimum Gasteiger partial charge on any atom is -0.508 e. The van der Waals surface area contributed by atoms with Crippen molar-refractivity contribution in [2.24, 2.45) is 0 Å². The zero-order valence-electron chi connectivity index (χ0n) is 13.8. The van der Waals surface area contributed by atoms with E-state index < -0.39 is 0 Å². The molecule has 0 saturated carbocycles. The molecule has 1 aliphatic heterocycles. The number of urea groups is 1. The third kappa shape index (κ3) is 4.11. The number of hydrogen-bond donors (Lipinski definition) is 2. The first-order chi connectivity index (χ1) is 11.9. The summed E-state index contributed by atoms with van der Waals surface area (Å²) in [6.45, 7) is 4.78. The topological polar surface area (TPSA) is 55.8 Å². The largest absolute Gasteiger partial charge is 0.508 e. The molecule has 0 bridgehead atoms. The molecule has 0 aliphatic carbocycles. The normalized spacial score (nSPS) is 14.5. The Bertz CT molecular complexity index is 749. The summed E-state index contributed by atoms with van der Waals surface area (Å²) in [5, 5.41) is 12.6. The number of phenols is 1. The Kier molecular flexibility index (Phi) is 5.25. The van der Waals surface area contributed by atoms with Gasteiger partial charge in [-0.05, 0) is 19.1 Å². The van der Waals surface area contributed by atoms with Gasteiger partial charge in [0.15, 0.2) is 0 Å². The van der Waals surface area contributed by atoms with Crippen molar-refractivity contribution in [2.75, 3.05) is 36.4 Å². The molecule has 7 heteroatoms. The predicted molar refractivity (Wildman–Crippen MR) is 102 cm³/mol. The summed E-state index contributed by atoms with van der Waals surface area (Å²) in [6, 6.07) is 10.8. The van der Waals surface area contributed by atoms with Crippen LogP contribution in [0.15, 0.2) is 36.4 Å².